The molecule has 3 heterocycles. The second-order valence-electron chi connectivity index (χ2n) is 6.94. The minimum Gasteiger partial charge on any atom is -0.457 e. The largest absolute Gasteiger partial charge is 0.457 e. The average Bonchev–Trinajstić information content (AvgIpc) is 3.44. The molecule has 0 unspecified atom stereocenters. The summed E-state index contributed by atoms with van der Waals surface area (Å²) in [4.78, 5) is 44.4. The van der Waals surface area contributed by atoms with Crippen LogP contribution in [0.4, 0.5) is 0 Å². The molecule has 0 spiro atoms. The third-order valence-electron chi connectivity index (χ3n) is 4.62. The Morgan fingerprint density at radius 1 is 1.14 bits per heavy atom. The van der Waals surface area contributed by atoms with E-state index in [-0.39, 0.29) is 12.5 Å². The van der Waals surface area contributed by atoms with Crippen LogP contribution < -0.4 is 0 Å². The highest BCUT2D eigenvalue weighted by atomic mass is 32.1. The van der Waals surface area contributed by atoms with Gasteiger partial charge in [0.2, 0.25) is 5.89 Å². The van der Waals surface area contributed by atoms with Gasteiger partial charge >= 0.3 is 5.97 Å². The molecule has 0 N–H and O–H groups in total. The van der Waals surface area contributed by atoms with Crippen LogP contribution in [0.5, 0.6) is 0 Å². The van der Waals surface area contributed by atoms with Crippen LogP contribution in [-0.2, 0) is 16.1 Å². The van der Waals surface area contributed by atoms with Crippen molar-refractivity contribution in [3.8, 4) is 10.8 Å². The Morgan fingerprint density at radius 3 is 2.41 bits per heavy atom. The van der Waals surface area contributed by atoms with Crippen LogP contribution in [0.3, 0.4) is 0 Å². The Hall–Kier alpha value is -3.26. The van der Waals surface area contributed by atoms with Gasteiger partial charge in [-0.05, 0) is 29.5 Å². The maximum atomic E-state index is 12.8. The molecule has 2 amide bonds. The molecule has 0 bridgehead atoms. The van der Waals surface area contributed by atoms with Gasteiger partial charge in [-0.25, -0.2) is 9.78 Å². The van der Waals surface area contributed by atoms with Gasteiger partial charge in [0.05, 0.1) is 16.0 Å². The first-order valence-electron chi connectivity index (χ1n) is 9.09. The van der Waals surface area contributed by atoms with Gasteiger partial charge in [-0.2, -0.15) is 0 Å². The maximum Gasteiger partial charge on any atom is 0.330 e. The van der Waals surface area contributed by atoms with Crippen molar-refractivity contribution in [1.29, 1.82) is 0 Å². The van der Waals surface area contributed by atoms with Crippen molar-refractivity contribution in [3.05, 3.63) is 64.9 Å². The smallest absolute Gasteiger partial charge is 0.330 e. The van der Waals surface area contributed by atoms with Crippen molar-refractivity contribution in [3.63, 3.8) is 0 Å². The second-order valence-corrected chi connectivity index (χ2v) is 7.89. The lowest BCUT2D eigenvalue weighted by Crippen LogP contribution is -2.48. The summed E-state index contributed by atoms with van der Waals surface area (Å²) in [6.07, 6.45) is 1.43. The van der Waals surface area contributed by atoms with E-state index in [0.717, 1.165) is 9.78 Å². The zero-order valence-electron chi connectivity index (χ0n) is 15.8. The number of esters is 1. The lowest BCUT2D eigenvalue weighted by Gasteiger charge is -2.27. The van der Waals surface area contributed by atoms with E-state index >= 15 is 0 Å². The molecule has 148 valence electrons. The number of hydrogen-bond donors (Lipinski definition) is 0. The molecule has 0 fully saturated rings. The molecule has 1 aromatic carbocycles. The van der Waals surface area contributed by atoms with Gasteiger partial charge in [0.25, 0.3) is 11.8 Å². The Kier molecular flexibility index (Phi) is 5.02. The van der Waals surface area contributed by atoms with Gasteiger partial charge in [-0.3, -0.25) is 14.5 Å². The van der Waals surface area contributed by atoms with Gasteiger partial charge in [0, 0.05) is 0 Å². The van der Waals surface area contributed by atoms with Crippen molar-refractivity contribution >= 4 is 29.1 Å². The van der Waals surface area contributed by atoms with E-state index in [2.05, 4.69) is 4.98 Å². The third-order valence-corrected chi connectivity index (χ3v) is 5.48. The fourth-order valence-corrected chi connectivity index (χ4v) is 3.91. The van der Waals surface area contributed by atoms with Gasteiger partial charge in [-0.15, -0.1) is 11.3 Å². The van der Waals surface area contributed by atoms with E-state index in [9.17, 15) is 14.4 Å². The van der Waals surface area contributed by atoms with Crippen LogP contribution in [0.25, 0.3) is 10.8 Å². The fraction of sp³-hybridized carbons (Fsp3) is 0.238. The number of benzene rings is 1. The van der Waals surface area contributed by atoms with Crippen LogP contribution >= 0.6 is 11.3 Å². The minimum atomic E-state index is -1.02. The normalized spacial score (nSPS) is 14.4. The molecular formula is C21H18N2O5S. The third kappa shape index (κ3) is 3.47. The van der Waals surface area contributed by atoms with Crippen LogP contribution in [0, 0.1) is 5.92 Å². The molecule has 1 aliphatic rings. The zero-order chi connectivity index (χ0) is 20.5. The molecular weight excluding hydrogens is 392 g/mol. The van der Waals surface area contributed by atoms with E-state index in [4.69, 9.17) is 9.15 Å². The fourth-order valence-electron chi connectivity index (χ4n) is 3.25. The highest BCUT2D eigenvalue weighted by Gasteiger charge is 2.44. The van der Waals surface area contributed by atoms with Crippen LogP contribution in [0.15, 0.2) is 52.5 Å². The standard InChI is InChI=1S/C21H18N2O5S/c1-12(2)17(23-19(24)14-6-3-4-7-15(14)20(23)25)21(26)28-11-13-10-27-18(22-13)16-8-5-9-29-16/h3-10,12,17H,11H2,1-2H3/t17-/m1/s1. The topological polar surface area (TPSA) is 89.7 Å². The van der Waals surface area contributed by atoms with E-state index in [1.165, 1.54) is 17.6 Å². The molecule has 8 heteroatoms. The first-order valence-corrected chi connectivity index (χ1v) is 9.97. The minimum absolute atomic E-state index is 0.111. The number of imide groups is 1. The van der Waals surface area contributed by atoms with Gasteiger partial charge < -0.3 is 9.15 Å². The molecule has 1 atom stereocenters. The number of fused-ring (bicyclic) bond motifs is 1. The molecule has 2 aromatic heterocycles. The Bertz CT molecular complexity index is 1040. The first kappa shape index (κ1) is 19.1. The number of ether oxygens (including phenoxy) is 1. The molecule has 0 radical (unpaired) electrons. The molecule has 4 rings (SSSR count). The molecule has 0 saturated carbocycles. The van der Waals surface area contributed by atoms with Gasteiger partial charge in [0.15, 0.2) is 0 Å². The number of thiophene rings is 1. The predicted octanol–water partition coefficient (Wildman–Crippen LogP) is 3.77. The molecule has 29 heavy (non-hydrogen) atoms. The lowest BCUT2D eigenvalue weighted by atomic mass is 10.0. The Labute approximate surface area is 170 Å². The highest BCUT2D eigenvalue weighted by molar-refractivity contribution is 7.13. The Morgan fingerprint density at radius 2 is 1.83 bits per heavy atom. The number of carbonyl (C=O) groups excluding carboxylic acids is 3. The van der Waals surface area contributed by atoms with Crippen molar-refractivity contribution in [2.24, 2.45) is 5.92 Å². The van der Waals surface area contributed by atoms with Crippen molar-refractivity contribution in [2.75, 3.05) is 0 Å². The highest BCUT2D eigenvalue weighted by Crippen LogP contribution is 2.28. The SMILES string of the molecule is CC(C)[C@H](C(=O)OCc1coc(-c2cccs2)n1)N1C(=O)c2ccccc2C1=O. The Balaban J connectivity index is 1.49. The summed E-state index contributed by atoms with van der Waals surface area (Å²) in [5.74, 6) is -1.49. The van der Waals surface area contributed by atoms with Crippen LogP contribution in [0.1, 0.15) is 40.3 Å². The van der Waals surface area contributed by atoms with Crippen LogP contribution in [0.2, 0.25) is 0 Å². The number of aromatic nitrogens is 1. The van der Waals surface area contributed by atoms with E-state index in [1.54, 1.807) is 38.1 Å². The van der Waals surface area contributed by atoms with Crippen molar-refractivity contribution < 1.29 is 23.5 Å². The second kappa shape index (κ2) is 7.63. The quantitative estimate of drug-likeness (QED) is 0.454. The number of rotatable bonds is 6. The lowest BCUT2D eigenvalue weighted by molar-refractivity contribution is -0.151. The van der Waals surface area contributed by atoms with E-state index < -0.39 is 23.8 Å². The summed E-state index contributed by atoms with van der Waals surface area (Å²) in [6.45, 7) is 3.42. The number of hydrogen-bond acceptors (Lipinski definition) is 7. The number of amides is 2. The first-order chi connectivity index (χ1) is 14.0. The maximum absolute atomic E-state index is 12.8. The summed E-state index contributed by atoms with van der Waals surface area (Å²) in [5.41, 5.74) is 1.05. The van der Waals surface area contributed by atoms with Crippen molar-refractivity contribution in [2.45, 2.75) is 26.5 Å². The molecule has 0 saturated heterocycles. The predicted molar refractivity (Wildman–Crippen MR) is 105 cm³/mol. The molecule has 0 aliphatic carbocycles. The average molecular weight is 410 g/mol. The van der Waals surface area contributed by atoms with Crippen LogP contribution in [-0.4, -0.2) is 33.7 Å². The molecule has 7 nitrogen and oxygen atoms in total. The number of nitrogens with zero attached hydrogens (tertiary/aromatic N) is 2. The van der Waals surface area contributed by atoms with Crippen molar-refractivity contribution in [1.82, 2.24) is 9.88 Å². The monoisotopic (exact) mass is 410 g/mol. The summed E-state index contributed by atoms with van der Waals surface area (Å²) in [5, 5.41) is 1.91. The van der Waals surface area contributed by atoms with Gasteiger partial charge in [0.1, 0.15) is 24.6 Å². The number of oxazole rings is 1. The summed E-state index contributed by atoms with van der Waals surface area (Å²) in [7, 11) is 0. The molecule has 1 aliphatic heterocycles. The molecule has 3 aromatic rings. The van der Waals surface area contributed by atoms with E-state index in [1.807, 2.05) is 17.5 Å². The summed E-state index contributed by atoms with van der Waals surface area (Å²) >= 11 is 1.49. The van der Waals surface area contributed by atoms with Gasteiger partial charge in [-0.1, -0.05) is 32.0 Å². The summed E-state index contributed by atoms with van der Waals surface area (Å²) in [6, 6.07) is 9.28. The number of carbonyl (C=O) groups is 3. The summed E-state index contributed by atoms with van der Waals surface area (Å²) < 4.78 is 10.8. The zero-order valence-corrected chi connectivity index (χ0v) is 16.6. The van der Waals surface area contributed by atoms with E-state index in [0.29, 0.717) is 22.7 Å².